The Balaban J connectivity index is 2.01. The van der Waals surface area contributed by atoms with Gasteiger partial charge in [0.05, 0.1) is 12.9 Å². The van der Waals surface area contributed by atoms with E-state index in [4.69, 9.17) is 9.15 Å². The number of thioether (sulfide) groups is 1. The van der Waals surface area contributed by atoms with Crippen LogP contribution < -0.4 is 5.32 Å². The molecule has 0 radical (unpaired) electrons. The molecule has 2 rings (SSSR count). The van der Waals surface area contributed by atoms with Gasteiger partial charge in [-0.3, -0.25) is 4.79 Å². The molecule has 0 saturated heterocycles. The summed E-state index contributed by atoms with van der Waals surface area (Å²) in [6.45, 7) is 8.13. The third kappa shape index (κ3) is 5.89. The van der Waals surface area contributed by atoms with Crippen LogP contribution in [-0.4, -0.2) is 25.0 Å². The number of carbonyl (C=O) groups excluding carboxylic acids is 2. The number of esters is 1. The molecule has 0 aliphatic rings. The molecule has 1 heterocycles. The molecule has 0 spiro atoms. The van der Waals surface area contributed by atoms with E-state index in [1.165, 1.54) is 23.1 Å². The summed E-state index contributed by atoms with van der Waals surface area (Å²) in [4.78, 5) is 25.5. The maximum Gasteiger partial charge on any atom is 0.328 e. The van der Waals surface area contributed by atoms with Gasteiger partial charge in [0.2, 0.25) is 0 Å². The van der Waals surface area contributed by atoms with Crippen LogP contribution in [0, 0.1) is 19.8 Å². The van der Waals surface area contributed by atoms with Crippen LogP contribution in [0.25, 0.3) is 0 Å². The Labute approximate surface area is 164 Å². The number of ether oxygens (including phenoxy) is 1. The molecule has 1 N–H and O–H groups in total. The predicted molar refractivity (Wildman–Crippen MR) is 107 cm³/mol. The lowest BCUT2D eigenvalue weighted by molar-refractivity contribution is -0.143. The van der Waals surface area contributed by atoms with E-state index in [0.29, 0.717) is 17.9 Å². The van der Waals surface area contributed by atoms with Crippen molar-refractivity contribution in [1.82, 2.24) is 5.32 Å². The first-order valence-electron chi connectivity index (χ1n) is 8.98. The van der Waals surface area contributed by atoms with Crippen LogP contribution in [0.4, 0.5) is 0 Å². The number of carbonyl (C=O) groups is 2. The van der Waals surface area contributed by atoms with Gasteiger partial charge in [-0.2, -0.15) is 0 Å². The summed E-state index contributed by atoms with van der Waals surface area (Å²) in [5.74, 6) is 0.931. The number of hydrogen-bond acceptors (Lipinski definition) is 5. The number of nitrogens with one attached hydrogen (secondary N) is 1. The van der Waals surface area contributed by atoms with Gasteiger partial charge >= 0.3 is 5.97 Å². The van der Waals surface area contributed by atoms with E-state index in [-0.39, 0.29) is 11.7 Å². The average molecular weight is 390 g/mol. The molecule has 0 unspecified atom stereocenters. The predicted octanol–water partition coefficient (Wildman–Crippen LogP) is 4.51. The first-order valence-corrected chi connectivity index (χ1v) is 9.96. The minimum Gasteiger partial charge on any atom is -0.467 e. The lowest BCUT2D eigenvalue weighted by Gasteiger charge is -2.17. The van der Waals surface area contributed by atoms with Gasteiger partial charge in [0.1, 0.15) is 11.8 Å². The third-order valence-electron chi connectivity index (χ3n) is 4.15. The number of amides is 1. The molecule has 0 aliphatic carbocycles. The van der Waals surface area contributed by atoms with Gasteiger partial charge in [0, 0.05) is 4.90 Å². The fraction of sp³-hybridized carbons (Fsp3) is 0.429. The minimum atomic E-state index is -0.681. The minimum absolute atomic E-state index is 0.199. The van der Waals surface area contributed by atoms with Crippen LogP contribution in [-0.2, 0) is 15.3 Å². The van der Waals surface area contributed by atoms with Gasteiger partial charge < -0.3 is 14.5 Å². The van der Waals surface area contributed by atoms with E-state index >= 15 is 0 Å². The lowest BCUT2D eigenvalue weighted by Crippen LogP contribution is -2.42. The van der Waals surface area contributed by atoms with E-state index in [0.717, 1.165) is 0 Å². The lowest BCUT2D eigenvalue weighted by atomic mass is 10.0. The van der Waals surface area contributed by atoms with Crippen LogP contribution in [0.15, 0.2) is 39.6 Å². The van der Waals surface area contributed by atoms with Crippen LogP contribution in [0.3, 0.4) is 0 Å². The van der Waals surface area contributed by atoms with Crippen molar-refractivity contribution in [3.63, 3.8) is 0 Å². The molecule has 146 valence electrons. The van der Waals surface area contributed by atoms with Crippen molar-refractivity contribution in [2.24, 2.45) is 5.92 Å². The highest BCUT2D eigenvalue weighted by atomic mass is 32.2. The van der Waals surface area contributed by atoms with Crippen molar-refractivity contribution < 1.29 is 18.7 Å². The summed E-state index contributed by atoms with van der Waals surface area (Å²) in [5, 5.41) is 2.71. The standard InChI is InChI=1S/C21H27NO4S/c1-13(2)11-17(21(24)25-5)22-20(23)18-10-9-16(26-18)12-27-19-14(3)7-6-8-15(19)4/h6-10,13,17H,11-12H2,1-5H3,(H,22,23)/t17-/m1/s1. The zero-order valence-corrected chi connectivity index (χ0v) is 17.3. The molecule has 27 heavy (non-hydrogen) atoms. The zero-order chi connectivity index (χ0) is 20.0. The highest BCUT2D eigenvalue weighted by molar-refractivity contribution is 7.98. The van der Waals surface area contributed by atoms with Crippen molar-refractivity contribution in [3.05, 3.63) is 53.0 Å². The number of methoxy groups -OCH3 is 1. The molecular weight excluding hydrogens is 362 g/mol. The molecule has 2 aromatic rings. The van der Waals surface area contributed by atoms with Crippen LogP contribution in [0.2, 0.25) is 0 Å². The summed E-state index contributed by atoms with van der Waals surface area (Å²) in [6.07, 6.45) is 0.508. The molecule has 1 atom stereocenters. The van der Waals surface area contributed by atoms with Crippen molar-refractivity contribution in [3.8, 4) is 0 Å². The molecule has 0 fully saturated rings. The fourth-order valence-electron chi connectivity index (χ4n) is 2.80. The zero-order valence-electron chi connectivity index (χ0n) is 16.5. The molecule has 6 heteroatoms. The third-order valence-corrected chi connectivity index (χ3v) is 5.51. The molecule has 1 aromatic carbocycles. The number of benzene rings is 1. The molecule has 1 aromatic heterocycles. The van der Waals surface area contributed by atoms with Crippen LogP contribution in [0.1, 0.15) is 47.7 Å². The topological polar surface area (TPSA) is 68.5 Å². The maximum atomic E-state index is 12.4. The number of aryl methyl sites for hydroxylation is 2. The fourth-order valence-corrected chi connectivity index (χ4v) is 3.84. The smallest absolute Gasteiger partial charge is 0.328 e. The van der Waals surface area contributed by atoms with Gasteiger partial charge in [0.25, 0.3) is 5.91 Å². The second-order valence-electron chi connectivity index (χ2n) is 6.95. The Hall–Kier alpha value is -2.21. The Bertz CT molecular complexity index is 777. The van der Waals surface area contributed by atoms with Crippen LogP contribution in [0.5, 0.6) is 0 Å². The molecule has 0 aliphatic heterocycles. The van der Waals surface area contributed by atoms with Gasteiger partial charge in [-0.1, -0.05) is 32.0 Å². The van der Waals surface area contributed by atoms with E-state index in [2.05, 4.69) is 31.3 Å². The largest absolute Gasteiger partial charge is 0.467 e. The SMILES string of the molecule is COC(=O)[C@@H](CC(C)C)NC(=O)c1ccc(CSc2c(C)cccc2C)o1. The molecule has 0 bridgehead atoms. The van der Waals surface area contributed by atoms with E-state index in [1.54, 1.807) is 23.9 Å². The maximum absolute atomic E-state index is 12.4. The highest BCUT2D eigenvalue weighted by Gasteiger charge is 2.24. The molecule has 0 saturated carbocycles. The first-order chi connectivity index (χ1) is 12.8. The van der Waals surface area contributed by atoms with Crippen molar-refractivity contribution >= 4 is 23.6 Å². The van der Waals surface area contributed by atoms with E-state index in [1.807, 2.05) is 19.9 Å². The number of hydrogen-bond donors (Lipinski definition) is 1. The molecule has 1 amide bonds. The van der Waals surface area contributed by atoms with Gasteiger partial charge in [0.15, 0.2) is 5.76 Å². The Kier molecular flexibility index (Phi) is 7.54. The summed E-state index contributed by atoms with van der Waals surface area (Å²) >= 11 is 1.68. The Morgan fingerprint density at radius 1 is 1.15 bits per heavy atom. The second kappa shape index (κ2) is 9.65. The molecule has 5 nitrogen and oxygen atoms in total. The first kappa shape index (κ1) is 21.1. The van der Waals surface area contributed by atoms with Gasteiger partial charge in [-0.25, -0.2) is 4.79 Å². The van der Waals surface area contributed by atoms with Gasteiger partial charge in [-0.15, -0.1) is 11.8 Å². The van der Waals surface area contributed by atoms with E-state index in [9.17, 15) is 9.59 Å². The van der Waals surface area contributed by atoms with E-state index < -0.39 is 17.9 Å². The van der Waals surface area contributed by atoms with Crippen LogP contribution >= 0.6 is 11.8 Å². The normalized spacial score (nSPS) is 12.1. The Morgan fingerprint density at radius 2 is 1.81 bits per heavy atom. The molecular formula is C21H27NO4S. The summed E-state index contributed by atoms with van der Waals surface area (Å²) in [7, 11) is 1.32. The number of rotatable bonds is 8. The van der Waals surface area contributed by atoms with Crippen molar-refractivity contribution in [2.45, 2.75) is 50.8 Å². The van der Waals surface area contributed by atoms with Crippen molar-refractivity contribution in [1.29, 1.82) is 0 Å². The van der Waals surface area contributed by atoms with Crippen molar-refractivity contribution in [2.75, 3.05) is 7.11 Å². The highest BCUT2D eigenvalue weighted by Crippen LogP contribution is 2.29. The number of furan rings is 1. The van der Waals surface area contributed by atoms with Gasteiger partial charge in [-0.05, 0) is 49.4 Å². The Morgan fingerprint density at radius 3 is 2.41 bits per heavy atom. The summed E-state index contributed by atoms with van der Waals surface area (Å²) in [6, 6.07) is 8.96. The second-order valence-corrected chi connectivity index (χ2v) is 7.94. The monoisotopic (exact) mass is 389 g/mol. The summed E-state index contributed by atoms with van der Waals surface area (Å²) in [5.41, 5.74) is 2.44. The quantitative estimate of drug-likeness (QED) is 0.531. The summed E-state index contributed by atoms with van der Waals surface area (Å²) < 4.78 is 10.5. The average Bonchev–Trinajstić information content (AvgIpc) is 3.08.